The van der Waals surface area contributed by atoms with Crippen LogP contribution in [0.1, 0.15) is 11.1 Å². The Morgan fingerprint density at radius 3 is 2.51 bits per heavy atom. The van der Waals surface area contributed by atoms with Crippen LogP contribution >= 0.6 is 23.4 Å². The summed E-state index contributed by atoms with van der Waals surface area (Å²) in [7, 11) is 2.87. The van der Waals surface area contributed by atoms with Crippen LogP contribution in [-0.4, -0.2) is 45.4 Å². The number of hydrogen-bond acceptors (Lipinski definition) is 9. The molecule has 0 aliphatic heterocycles. The minimum absolute atomic E-state index is 0.00100. The summed E-state index contributed by atoms with van der Waals surface area (Å²) in [6, 6.07) is 16.8. The van der Waals surface area contributed by atoms with Crippen molar-refractivity contribution in [2.45, 2.75) is 11.8 Å². The average molecular weight is 569 g/mol. The number of carboxylic acid groups (broad SMARTS) is 1. The Kier molecular flexibility index (Phi) is 8.69. The number of methoxy groups -OCH3 is 2. The zero-order valence-electron chi connectivity index (χ0n) is 20.6. The van der Waals surface area contributed by atoms with E-state index in [1.165, 1.54) is 26.4 Å². The number of aromatic nitrogens is 3. The number of nitro benzene ring substituents is 1. The minimum atomic E-state index is -1.33. The molecule has 0 radical (unpaired) electrons. The van der Waals surface area contributed by atoms with Crippen LogP contribution in [0.5, 0.6) is 17.2 Å². The van der Waals surface area contributed by atoms with E-state index >= 15 is 0 Å². The number of halogens is 1. The van der Waals surface area contributed by atoms with Crippen molar-refractivity contribution in [3.05, 3.63) is 91.8 Å². The molecule has 0 saturated heterocycles. The van der Waals surface area contributed by atoms with Crippen molar-refractivity contribution >= 4 is 41.1 Å². The summed E-state index contributed by atoms with van der Waals surface area (Å²) in [6.45, 7) is 0.157. The number of rotatable bonds is 11. The molecule has 39 heavy (non-hydrogen) atoms. The van der Waals surface area contributed by atoms with Crippen molar-refractivity contribution in [3.8, 4) is 28.6 Å². The molecule has 0 atom stereocenters. The SMILES string of the molecule is COc1cc(/C=C(\Sc2n[nH]c(-c3cc(Cl)ccc3OC)n2)C(=O)O)c([N+](=O)[O-])cc1OCc1ccccc1. The molecule has 200 valence electrons. The molecule has 4 rings (SSSR count). The second-order valence-electron chi connectivity index (χ2n) is 7.82. The number of benzene rings is 3. The van der Waals surface area contributed by atoms with Crippen molar-refractivity contribution in [1.82, 2.24) is 15.2 Å². The molecule has 0 unspecified atom stereocenters. The van der Waals surface area contributed by atoms with Gasteiger partial charge in [0, 0.05) is 5.02 Å². The summed E-state index contributed by atoms with van der Waals surface area (Å²) in [4.78, 5) is 27.4. The van der Waals surface area contributed by atoms with Crippen molar-refractivity contribution in [2.24, 2.45) is 0 Å². The number of aromatic amines is 1. The van der Waals surface area contributed by atoms with Gasteiger partial charge in [-0.15, -0.1) is 5.10 Å². The Hall–Kier alpha value is -4.55. The topological polar surface area (TPSA) is 150 Å². The monoisotopic (exact) mass is 568 g/mol. The van der Waals surface area contributed by atoms with E-state index in [4.69, 9.17) is 25.8 Å². The molecule has 0 aliphatic carbocycles. The number of aliphatic carboxylic acids is 1. The van der Waals surface area contributed by atoms with E-state index in [1.807, 2.05) is 30.3 Å². The summed E-state index contributed by atoms with van der Waals surface area (Å²) in [5.41, 5.74) is 1.02. The summed E-state index contributed by atoms with van der Waals surface area (Å²) < 4.78 is 16.5. The highest BCUT2D eigenvalue weighted by Gasteiger charge is 2.22. The molecule has 1 aromatic heterocycles. The fraction of sp³-hybridized carbons (Fsp3) is 0.115. The third-order valence-electron chi connectivity index (χ3n) is 5.33. The first kappa shape index (κ1) is 27.5. The van der Waals surface area contributed by atoms with Crippen molar-refractivity contribution in [3.63, 3.8) is 0 Å². The second kappa shape index (κ2) is 12.3. The molecule has 2 N–H and O–H groups in total. The first-order valence-electron chi connectivity index (χ1n) is 11.2. The number of ether oxygens (including phenoxy) is 3. The highest BCUT2D eigenvalue weighted by molar-refractivity contribution is 8.04. The Morgan fingerprint density at radius 2 is 1.85 bits per heavy atom. The predicted molar refractivity (Wildman–Crippen MR) is 145 cm³/mol. The molecule has 0 amide bonds. The minimum Gasteiger partial charge on any atom is -0.496 e. The Morgan fingerprint density at radius 1 is 1.10 bits per heavy atom. The number of nitro groups is 1. The summed E-state index contributed by atoms with van der Waals surface area (Å²) in [5.74, 6) is -0.202. The predicted octanol–water partition coefficient (Wildman–Crippen LogP) is 5.85. The van der Waals surface area contributed by atoms with E-state index in [0.717, 1.165) is 11.6 Å². The average Bonchev–Trinajstić information content (AvgIpc) is 3.40. The van der Waals surface area contributed by atoms with Gasteiger partial charge < -0.3 is 19.3 Å². The maximum absolute atomic E-state index is 12.1. The van der Waals surface area contributed by atoms with Crippen molar-refractivity contribution in [1.29, 1.82) is 0 Å². The van der Waals surface area contributed by atoms with Crippen LogP contribution in [0.25, 0.3) is 17.5 Å². The van der Waals surface area contributed by atoms with Crippen LogP contribution in [0.2, 0.25) is 5.02 Å². The quantitative estimate of drug-likeness (QED) is 0.0976. The van der Waals surface area contributed by atoms with Gasteiger partial charge in [0.2, 0.25) is 5.16 Å². The molecule has 13 heteroatoms. The van der Waals surface area contributed by atoms with Gasteiger partial charge in [0.15, 0.2) is 17.3 Å². The smallest absolute Gasteiger partial charge is 0.342 e. The fourth-order valence-electron chi connectivity index (χ4n) is 3.50. The van der Waals surface area contributed by atoms with Crippen LogP contribution in [0.3, 0.4) is 0 Å². The normalized spacial score (nSPS) is 11.2. The van der Waals surface area contributed by atoms with E-state index in [2.05, 4.69) is 15.2 Å². The molecule has 1 heterocycles. The van der Waals surface area contributed by atoms with E-state index in [9.17, 15) is 20.0 Å². The molecule has 0 fully saturated rings. The number of nitrogens with one attached hydrogen (secondary N) is 1. The first-order chi connectivity index (χ1) is 18.8. The molecular weight excluding hydrogens is 548 g/mol. The molecule has 3 aromatic carbocycles. The molecule has 0 spiro atoms. The number of carbonyl (C=O) groups is 1. The van der Waals surface area contributed by atoms with Gasteiger partial charge in [-0.05, 0) is 47.7 Å². The van der Waals surface area contributed by atoms with Crippen LogP contribution in [0.4, 0.5) is 5.69 Å². The van der Waals surface area contributed by atoms with Crippen LogP contribution in [0, 0.1) is 10.1 Å². The summed E-state index contributed by atoms with van der Waals surface area (Å²) in [5, 5.41) is 29.0. The zero-order chi connectivity index (χ0) is 27.9. The van der Waals surface area contributed by atoms with Gasteiger partial charge in [-0.25, -0.2) is 9.78 Å². The van der Waals surface area contributed by atoms with Gasteiger partial charge in [-0.2, -0.15) is 0 Å². The molecule has 0 bridgehead atoms. The van der Waals surface area contributed by atoms with Gasteiger partial charge in [0.1, 0.15) is 17.3 Å². The van der Waals surface area contributed by atoms with Gasteiger partial charge in [-0.3, -0.25) is 15.2 Å². The van der Waals surface area contributed by atoms with Gasteiger partial charge in [0.25, 0.3) is 5.69 Å². The number of carboxylic acids is 1. The Labute approximate surface area is 231 Å². The van der Waals surface area contributed by atoms with E-state index < -0.39 is 10.9 Å². The highest BCUT2D eigenvalue weighted by Crippen LogP contribution is 2.38. The number of hydrogen-bond donors (Lipinski definition) is 2. The maximum Gasteiger partial charge on any atom is 0.342 e. The number of H-pyrrole nitrogens is 1. The van der Waals surface area contributed by atoms with Gasteiger partial charge >= 0.3 is 5.97 Å². The molecule has 4 aromatic rings. The molecule has 0 saturated carbocycles. The van der Waals surface area contributed by atoms with Crippen LogP contribution in [-0.2, 0) is 11.4 Å². The second-order valence-corrected chi connectivity index (χ2v) is 9.27. The third kappa shape index (κ3) is 6.67. The molecular formula is C26H21ClN4O7S. The lowest BCUT2D eigenvalue weighted by molar-refractivity contribution is -0.385. The van der Waals surface area contributed by atoms with Crippen molar-refractivity contribution < 1.29 is 29.0 Å². The standard InChI is InChI=1S/C26H21ClN4O7S/c1-36-20-9-8-17(27)12-18(20)24-28-26(30-29-24)39-23(25(32)33)11-16-10-21(37-2)22(13-19(16)31(34)35)38-14-15-6-4-3-5-7-15/h3-13H,14H2,1-2H3,(H,32,33)(H,28,29,30)/b23-11-. The zero-order valence-corrected chi connectivity index (χ0v) is 22.2. The number of nitrogens with zero attached hydrogens (tertiary/aromatic N) is 3. The molecule has 11 nitrogen and oxygen atoms in total. The lowest BCUT2D eigenvalue weighted by Crippen LogP contribution is -2.02. The third-order valence-corrected chi connectivity index (χ3v) is 6.44. The number of thioether (sulfide) groups is 1. The van der Waals surface area contributed by atoms with Crippen LogP contribution < -0.4 is 14.2 Å². The highest BCUT2D eigenvalue weighted by atomic mass is 35.5. The summed E-state index contributed by atoms with van der Waals surface area (Å²) in [6.07, 6.45) is 1.16. The lowest BCUT2D eigenvalue weighted by Gasteiger charge is -2.12. The first-order valence-corrected chi connectivity index (χ1v) is 12.4. The Bertz CT molecular complexity index is 1540. The van der Waals surface area contributed by atoms with Gasteiger partial charge in [0.05, 0.1) is 36.3 Å². The van der Waals surface area contributed by atoms with Crippen LogP contribution in [0.15, 0.2) is 70.7 Å². The maximum atomic E-state index is 12.1. The fourth-order valence-corrected chi connectivity index (χ4v) is 4.37. The molecule has 0 aliphatic rings. The largest absolute Gasteiger partial charge is 0.496 e. The van der Waals surface area contributed by atoms with Gasteiger partial charge in [-0.1, -0.05) is 41.9 Å². The van der Waals surface area contributed by atoms with Crippen molar-refractivity contribution in [2.75, 3.05) is 14.2 Å². The van der Waals surface area contributed by atoms with E-state index in [0.29, 0.717) is 33.9 Å². The lowest BCUT2D eigenvalue weighted by atomic mass is 10.1. The van der Waals surface area contributed by atoms with E-state index in [1.54, 1.807) is 18.2 Å². The van der Waals surface area contributed by atoms with E-state index in [-0.39, 0.29) is 39.4 Å². The summed E-state index contributed by atoms with van der Waals surface area (Å²) >= 11 is 6.80. The Balaban J connectivity index is 1.65.